The number of benzene rings is 1. The summed E-state index contributed by atoms with van der Waals surface area (Å²) in [6, 6.07) is 8.44. The molecule has 1 amide bonds. The number of hydrogen-bond donors (Lipinski definition) is 0. The number of nitrogens with zero attached hydrogens (tertiary/aromatic N) is 2. The van der Waals surface area contributed by atoms with E-state index in [1.54, 1.807) is 13.2 Å². The van der Waals surface area contributed by atoms with Gasteiger partial charge in [0.15, 0.2) is 0 Å². The van der Waals surface area contributed by atoms with E-state index in [9.17, 15) is 4.79 Å². The maximum Gasteiger partial charge on any atom is 0.246 e. The molecule has 1 aromatic rings. The Balaban J connectivity index is 1.52. The van der Waals surface area contributed by atoms with E-state index in [0.29, 0.717) is 6.04 Å². The number of likely N-dealkylation sites (tertiary alicyclic amines) is 2. The molecule has 2 aliphatic rings. The molecule has 0 unspecified atom stereocenters. The third-order valence-electron chi connectivity index (χ3n) is 5.23. The van der Waals surface area contributed by atoms with Crippen molar-refractivity contribution >= 4 is 12.0 Å². The van der Waals surface area contributed by atoms with Crippen LogP contribution in [0.4, 0.5) is 0 Å². The van der Waals surface area contributed by atoms with Gasteiger partial charge in [-0.15, -0.1) is 0 Å². The lowest BCUT2D eigenvalue weighted by Gasteiger charge is -2.40. The van der Waals surface area contributed by atoms with Crippen LogP contribution in [0.1, 0.15) is 37.7 Å². The first-order chi connectivity index (χ1) is 11.8. The van der Waals surface area contributed by atoms with Crippen molar-refractivity contribution in [2.75, 3.05) is 33.3 Å². The first kappa shape index (κ1) is 17.0. The Labute approximate surface area is 145 Å². The highest BCUT2D eigenvalue weighted by Gasteiger charge is 2.26. The minimum absolute atomic E-state index is 0.109. The number of para-hydroxylation sites is 1. The fourth-order valence-electron chi connectivity index (χ4n) is 3.81. The fraction of sp³-hybridized carbons (Fsp3) is 0.550. The Morgan fingerprint density at radius 1 is 1.08 bits per heavy atom. The molecule has 0 N–H and O–H groups in total. The maximum atomic E-state index is 12.4. The van der Waals surface area contributed by atoms with Crippen molar-refractivity contribution in [3.63, 3.8) is 0 Å². The molecule has 3 rings (SSSR count). The van der Waals surface area contributed by atoms with E-state index in [1.165, 1.54) is 32.4 Å². The summed E-state index contributed by atoms with van der Waals surface area (Å²) in [4.78, 5) is 17.1. The summed E-state index contributed by atoms with van der Waals surface area (Å²) in [5.74, 6) is 0.906. The number of carbonyl (C=O) groups excluding carboxylic acids is 1. The molecule has 2 heterocycles. The van der Waals surface area contributed by atoms with Gasteiger partial charge >= 0.3 is 0 Å². The Morgan fingerprint density at radius 3 is 2.50 bits per heavy atom. The molecule has 24 heavy (non-hydrogen) atoms. The lowest BCUT2D eigenvalue weighted by molar-refractivity contribution is -0.127. The summed E-state index contributed by atoms with van der Waals surface area (Å²) in [6.07, 6.45) is 9.79. The molecule has 0 aromatic heterocycles. The number of piperidine rings is 2. The predicted octanol–water partition coefficient (Wildman–Crippen LogP) is 3.19. The Kier molecular flexibility index (Phi) is 5.91. The van der Waals surface area contributed by atoms with Crippen LogP contribution in [0.25, 0.3) is 6.08 Å². The monoisotopic (exact) mass is 328 g/mol. The van der Waals surface area contributed by atoms with Crippen LogP contribution in [0.3, 0.4) is 0 Å². The topological polar surface area (TPSA) is 32.8 Å². The standard InChI is InChI=1S/C20H28N2O2/c1-24-19-8-4-3-7-17(19)9-10-20(23)22-15-11-18(12-16-22)21-13-5-2-6-14-21/h3-4,7-10,18H,2,5-6,11-16H2,1H3. The summed E-state index contributed by atoms with van der Waals surface area (Å²) >= 11 is 0. The number of methoxy groups -OCH3 is 1. The van der Waals surface area contributed by atoms with Crippen LogP contribution in [-0.4, -0.2) is 55.0 Å². The highest BCUT2D eigenvalue weighted by molar-refractivity contribution is 5.92. The van der Waals surface area contributed by atoms with Gasteiger partial charge in [0.05, 0.1) is 7.11 Å². The minimum atomic E-state index is 0.109. The van der Waals surface area contributed by atoms with Gasteiger partial charge in [-0.2, -0.15) is 0 Å². The summed E-state index contributed by atoms with van der Waals surface area (Å²) in [6.45, 7) is 4.23. The van der Waals surface area contributed by atoms with E-state index in [2.05, 4.69) is 4.90 Å². The Morgan fingerprint density at radius 2 is 1.79 bits per heavy atom. The van der Waals surface area contributed by atoms with E-state index in [4.69, 9.17) is 4.74 Å². The summed E-state index contributed by atoms with van der Waals surface area (Å²) in [7, 11) is 1.65. The summed E-state index contributed by atoms with van der Waals surface area (Å²) < 4.78 is 5.32. The number of rotatable bonds is 4. The smallest absolute Gasteiger partial charge is 0.246 e. The zero-order chi connectivity index (χ0) is 16.8. The van der Waals surface area contributed by atoms with Crippen molar-refractivity contribution in [1.82, 2.24) is 9.80 Å². The van der Waals surface area contributed by atoms with Crippen molar-refractivity contribution in [3.05, 3.63) is 35.9 Å². The second kappa shape index (κ2) is 8.34. The average Bonchev–Trinajstić information content (AvgIpc) is 2.67. The van der Waals surface area contributed by atoms with Gasteiger partial charge < -0.3 is 14.5 Å². The molecule has 0 radical (unpaired) electrons. The van der Waals surface area contributed by atoms with Gasteiger partial charge in [0.25, 0.3) is 0 Å². The Bertz CT molecular complexity index is 571. The SMILES string of the molecule is COc1ccccc1C=CC(=O)N1CCC(N2CCCCC2)CC1. The highest BCUT2D eigenvalue weighted by atomic mass is 16.5. The molecule has 130 valence electrons. The van der Waals surface area contributed by atoms with Gasteiger partial charge in [-0.1, -0.05) is 24.6 Å². The van der Waals surface area contributed by atoms with Gasteiger partial charge in [0.2, 0.25) is 5.91 Å². The average molecular weight is 328 g/mol. The normalized spacial score (nSPS) is 20.5. The lowest BCUT2D eigenvalue weighted by Crippen LogP contribution is -2.47. The second-order valence-electron chi connectivity index (χ2n) is 6.73. The predicted molar refractivity (Wildman–Crippen MR) is 97.1 cm³/mol. The van der Waals surface area contributed by atoms with Crippen LogP contribution in [0.5, 0.6) is 5.75 Å². The Hall–Kier alpha value is -1.81. The zero-order valence-corrected chi connectivity index (χ0v) is 14.6. The third kappa shape index (κ3) is 4.18. The van der Waals surface area contributed by atoms with Gasteiger partial charge in [-0.05, 0) is 50.9 Å². The molecule has 4 nitrogen and oxygen atoms in total. The van der Waals surface area contributed by atoms with Crippen molar-refractivity contribution in [1.29, 1.82) is 0 Å². The van der Waals surface area contributed by atoms with Crippen LogP contribution < -0.4 is 4.74 Å². The van der Waals surface area contributed by atoms with Crippen molar-refractivity contribution < 1.29 is 9.53 Å². The van der Waals surface area contributed by atoms with Crippen LogP contribution in [0.2, 0.25) is 0 Å². The maximum absolute atomic E-state index is 12.4. The first-order valence-corrected chi connectivity index (χ1v) is 9.12. The minimum Gasteiger partial charge on any atom is -0.496 e. The molecule has 0 bridgehead atoms. The molecule has 4 heteroatoms. The third-order valence-corrected chi connectivity index (χ3v) is 5.23. The largest absolute Gasteiger partial charge is 0.496 e. The summed E-state index contributed by atoms with van der Waals surface area (Å²) in [5.41, 5.74) is 0.941. The van der Waals surface area contributed by atoms with E-state index in [1.807, 2.05) is 35.2 Å². The zero-order valence-electron chi connectivity index (χ0n) is 14.6. The number of amides is 1. The molecule has 0 atom stereocenters. The van der Waals surface area contributed by atoms with Crippen LogP contribution in [-0.2, 0) is 4.79 Å². The molecule has 0 saturated carbocycles. The van der Waals surface area contributed by atoms with E-state index < -0.39 is 0 Å². The molecule has 2 aliphatic heterocycles. The lowest BCUT2D eigenvalue weighted by atomic mass is 10.00. The highest BCUT2D eigenvalue weighted by Crippen LogP contribution is 2.22. The quantitative estimate of drug-likeness (QED) is 0.796. The number of hydrogen-bond acceptors (Lipinski definition) is 3. The van der Waals surface area contributed by atoms with Crippen molar-refractivity contribution in [2.45, 2.75) is 38.1 Å². The van der Waals surface area contributed by atoms with Gasteiger partial charge in [-0.25, -0.2) is 0 Å². The molecular weight excluding hydrogens is 300 g/mol. The van der Waals surface area contributed by atoms with Crippen LogP contribution in [0.15, 0.2) is 30.3 Å². The van der Waals surface area contributed by atoms with Crippen molar-refractivity contribution in [2.24, 2.45) is 0 Å². The molecule has 2 fully saturated rings. The molecule has 0 aliphatic carbocycles. The summed E-state index contributed by atoms with van der Waals surface area (Å²) in [5, 5.41) is 0. The first-order valence-electron chi connectivity index (χ1n) is 9.12. The van der Waals surface area contributed by atoms with Gasteiger partial charge in [0, 0.05) is 30.8 Å². The van der Waals surface area contributed by atoms with Gasteiger partial charge in [-0.3, -0.25) is 4.79 Å². The molecule has 0 spiro atoms. The molecule has 2 saturated heterocycles. The van der Waals surface area contributed by atoms with Crippen molar-refractivity contribution in [3.8, 4) is 5.75 Å². The number of ether oxygens (including phenoxy) is 1. The van der Waals surface area contributed by atoms with E-state index in [0.717, 1.165) is 37.2 Å². The second-order valence-corrected chi connectivity index (χ2v) is 6.73. The molecular formula is C20H28N2O2. The number of carbonyl (C=O) groups is 1. The van der Waals surface area contributed by atoms with Crippen LogP contribution >= 0.6 is 0 Å². The van der Waals surface area contributed by atoms with Crippen LogP contribution in [0, 0.1) is 0 Å². The molecule has 1 aromatic carbocycles. The van der Waals surface area contributed by atoms with E-state index in [-0.39, 0.29) is 5.91 Å². The van der Waals surface area contributed by atoms with Gasteiger partial charge in [0.1, 0.15) is 5.75 Å². The fourth-order valence-corrected chi connectivity index (χ4v) is 3.81. The van der Waals surface area contributed by atoms with E-state index >= 15 is 0 Å².